The molecule has 0 spiro atoms. The minimum absolute atomic E-state index is 0.0292. The average molecular weight is 724 g/mol. The van der Waals surface area contributed by atoms with E-state index in [9.17, 15) is 14.4 Å². The second-order valence-electron chi connectivity index (χ2n) is 11.0. The van der Waals surface area contributed by atoms with Crippen LogP contribution in [0.5, 0.6) is 17.5 Å². The number of nitrogens with zero attached hydrogens (tertiary/aromatic N) is 6. The lowest BCUT2D eigenvalue weighted by Gasteiger charge is -2.17. The van der Waals surface area contributed by atoms with E-state index < -0.39 is 11.2 Å². The highest BCUT2D eigenvalue weighted by Crippen LogP contribution is 2.39. The Morgan fingerprint density at radius 1 is 0.958 bits per heavy atom. The van der Waals surface area contributed by atoms with Crippen molar-refractivity contribution in [2.24, 2.45) is 14.1 Å². The number of hydrogen-bond donors (Lipinski definition) is 0. The van der Waals surface area contributed by atoms with Gasteiger partial charge in [-0.05, 0) is 65.7 Å². The van der Waals surface area contributed by atoms with Gasteiger partial charge in [-0.25, -0.2) is 4.79 Å². The molecule has 1 saturated heterocycles. The number of aromatic nitrogens is 4. The number of carbonyl (C=O) groups excluding carboxylic acids is 1. The van der Waals surface area contributed by atoms with Gasteiger partial charge in [-0.15, -0.1) is 0 Å². The summed E-state index contributed by atoms with van der Waals surface area (Å²) in [4.78, 5) is 48.0. The predicted molar refractivity (Wildman–Crippen MR) is 195 cm³/mol. The van der Waals surface area contributed by atoms with Crippen molar-refractivity contribution < 1.29 is 14.3 Å². The zero-order valence-corrected chi connectivity index (χ0v) is 29.5. The lowest BCUT2D eigenvalue weighted by Crippen LogP contribution is -2.37. The number of aryl methyl sites for hydroxylation is 1. The summed E-state index contributed by atoms with van der Waals surface area (Å²) in [7, 11) is 8.30. The summed E-state index contributed by atoms with van der Waals surface area (Å²) in [5.74, 6) is 0.385. The molecule has 3 aromatic carbocycles. The summed E-state index contributed by atoms with van der Waals surface area (Å²) in [6.07, 6.45) is 1.73. The van der Waals surface area contributed by atoms with Crippen LogP contribution >= 0.6 is 47.2 Å². The molecular formula is C33H28Cl2N6O5S2. The first-order valence-electron chi connectivity index (χ1n) is 14.4. The largest absolute Gasteiger partial charge is 0.493 e. The zero-order valence-electron chi connectivity index (χ0n) is 26.4. The fraction of sp³-hybridized carbons (Fsp3) is 0.182. The first kappa shape index (κ1) is 33.3. The Balaban J connectivity index is 1.35. The molecule has 3 heterocycles. The topological polar surface area (TPSA) is 104 Å². The summed E-state index contributed by atoms with van der Waals surface area (Å²) in [6, 6.07) is 17.8. The van der Waals surface area contributed by atoms with Gasteiger partial charge in [0, 0.05) is 43.9 Å². The van der Waals surface area contributed by atoms with Gasteiger partial charge in [0.05, 0.1) is 24.2 Å². The highest BCUT2D eigenvalue weighted by atomic mass is 35.5. The monoisotopic (exact) mass is 722 g/mol. The summed E-state index contributed by atoms with van der Waals surface area (Å²) in [5.41, 5.74) is 2.20. The molecule has 6 rings (SSSR count). The summed E-state index contributed by atoms with van der Waals surface area (Å²) < 4.78 is 16.2. The Morgan fingerprint density at radius 2 is 1.69 bits per heavy atom. The Labute approximate surface area is 294 Å². The molecule has 5 aromatic rings. The van der Waals surface area contributed by atoms with Crippen LogP contribution in [0.3, 0.4) is 0 Å². The Bertz CT molecular complexity index is 2280. The third-order valence-electron chi connectivity index (χ3n) is 7.76. The molecular weight excluding hydrogens is 695 g/mol. The molecule has 1 aliphatic rings. The summed E-state index contributed by atoms with van der Waals surface area (Å²) in [6.45, 7) is 0.0927. The van der Waals surface area contributed by atoms with Crippen molar-refractivity contribution in [3.05, 3.63) is 108 Å². The van der Waals surface area contributed by atoms with Crippen LogP contribution in [0.15, 0.2) is 75.2 Å². The number of rotatable bonds is 8. The number of carbonyl (C=O) groups is 1. The van der Waals surface area contributed by atoms with E-state index in [4.69, 9.17) is 44.9 Å². The molecule has 48 heavy (non-hydrogen) atoms. The number of hydrogen-bond acceptors (Lipinski definition) is 9. The lowest BCUT2D eigenvalue weighted by molar-refractivity contribution is -0.113. The van der Waals surface area contributed by atoms with Gasteiger partial charge in [0.2, 0.25) is 0 Å². The molecule has 0 bridgehead atoms. The molecule has 15 heteroatoms. The third-order valence-corrected chi connectivity index (χ3v) is 9.65. The van der Waals surface area contributed by atoms with Crippen LogP contribution in [0, 0.1) is 0 Å². The number of imidazole rings is 1. The molecule has 1 amide bonds. The van der Waals surface area contributed by atoms with E-state index in [1.54, 1.807) is 47.0 Å². The van der Waals surface area contributed by atoms with E-state index in [1.165, 1.54) is 42.4 Å². The maximum absolute atomic E-state index is 13.4. The van der Waals surface area contributed by atoms with Gasteiger partial charge in [-0.3, -0.25) is 28.2 Å². The van der Waals surface area contributed by atoms with Crippen LogP contribution in [0.25, 0.3) is 17.2 Å². The first-order chi connectivity index (χ1) is 22.9. The van der Waals surface area contributed by atoms with Gasteiger partial charge in [-0.2, -0.15) is 4.98 Å². The average Bonchev–Trinajstić information content (AvgIpc) is 3.55. The standard InChI is InChI=1S/C33H28Cl2N6O5S2/c1-37(2)21-9-11-22(12-10-21)41-29(42)26(48-33(41)47)15-18-6-13-24(25(14-18)45-5)46-31-36-28-27(30(43)39(4)32(44)38(28)3)40(31)17-19-7-8-20(34)16-23(19)35/h6-16H,17H2,1-5H3/b26-15-. The van der Waals surface area contributed by atoms with Crippen molar-refractivity contribution in [3.8, 4) is 17.5 Å². The van der Waals surface area contributed by atoms with Crippen LogP contribution in [-0.4, -0.2) is 50.1 Å². The van der Waals surface area contributed by atoms with E-state index in [1.807, 2.05) is 43.3 Å². The van der Waals surface area contributed by atoms with E-state index >= 15 is 0 Å². The number of benzene rings is 3. The number of fused-ring (bicyclic) bond motifs is 1. The van der Waals surface area contributed by atoms with Crippen LogP contribution in [0.2, 0.25) is 10.0 Å². The van der Waals surface area contributed by atoms with Gasteiger partial charge < -0.3 is 14.4 Å². The maximum Gasteiger partial charge on any atom is 0.332 e. The number of anilines is 2. The molecule has 11 nitrogen and oxygen atoms in total. The van der Waals surface area contributed by atoms with Crippen molar-refractivity contribution in [3.63, 3.8) is 0 Å². The number of thioether (sulfide) groups is 1. The molecule has 0 radical (unpaired) electrons. The number of amides is 1. The van der Waals surface area contributed by atoms with E-state index in [0.29, 0.717) is 41.8 Å². The van der Waals surface area contributed by atoms with Crippen LogP contribution in [-0.2, 0) is 25.4 Å². The normalized spacial score (nSPS) is 14.0. The second kappa shape index (κ2) is 13.2. The van der Waals surface area contributed by atoms with Gasteiger partial charge in [0.25, 0.3) is 11.5 Å². The van der Waals surface area contributed by atoms with Gasteiger partial charge in [0.1, 0.15) is 0 Å². The summed E-state index contributed by atoms with van der Waals surface area (Å²) >= 11 is 19.4. The van der Waals surface area contributed by atoms with Crippen molar-refractivity contribution in [2.45, 2.75) is 6.54 Å². The minimum Gasteiger partial charge on any atom is -0.493 e. The number of methoxy groups -OCH3 is 1. The number of ether oxygens (including phenoxy) is 2. The van der Waals surface area contributed by atoms with Crippen molar-refractivity contribution >= 4 is 86.0 Å². The fourth-order valence-electron chi connectivity index (χ4n) is 5.17. The van der Waals surface area contributed by atoms with Crippen LogP contribution in [0.1, 0.15) is 11.1 Å². The Hall–Kier alpha value is -4.56. The van der Waals surface area contributed by atoms with Gasteiger partial charge in [0.15, 0.2) is 27.0 Å². The third kappa shape index (κ3) is 6.10. The molecule has 0 N–H and O–H groups in total. The van der Waals surface area contributed by atoms with Crippen LogP contribution < -0.4 is 30.5 Å². The van der Waals surface area contributed by atoms with E-state index in [0.717, 1.165) is 10.3 Å². The quantitative estimate of drug-likeness (QED) is 0.140. The maximum atomic E-state index is 13.4. The Kier molecular flexibility index (Phi) is 9.14. The zero-order chi connectivity index (χ0) is 34.4. The van der Waals surface area contributed by atoms with Gasteiger partial charge in [-0.1, -0.05) is 59.3 Å². The molecule has 2 aromatic heterocycles. The minimum atomic E-state index is -0.547. The molecule has 1 fully saturated rings. The first-order valence-corrected chi connectivity index (χ1v) is 16.4. The molecule has 0 atom stereocenters. The highest BCUT2D eigenvalue weighted by molar-refractivity contribution is 8.27. The van der Waals surface area contributed by atoms with E-state index in [2.05, 4.69) is 4.98 Å². The van der Waals surface area contributed by atoms with Crippen molar-refractivity contribution in [1.82, 2.24) is 18.7 Å². The van der Waals surface area contributed by atoms with Gasteiger partial charge >= 0.3 is 11.7 Å². The number of halogens is 2. The number of thiocarbonyl (C=S) groups is 1. The SMILES string of the molecule is COc1cc(/C=C2\SC(=S)N(c3ccc(N(C)C)cc3)C2=O)ccc1Oc1nc2c(c(=O)n(C)c(=O)n2C)n1Cc1ccc(Cl)cc1Cl. The van der Waals surface area contributed by atoms with Crippen LogP contribution in [0.4, 0.5) is 11.4 Å². The molecule has 1 aliphatic heterocycles. The predicted octanol–water partition coefficient (Wildman–Crippen LogP) is 6.06. The van der Waals surface area contributed by atoms with Crippen molar-refractivity contribution in [2.75, 3.05) is 31.0 Å². The molecule has 0 unspecified atom stereocenters. The lowest BCUT2D eigenvalue weighted by atomic mass is 10.1. The molecule has 0 saturated carbocycles. The van der Waals surface area contributed by atoms with E-state index in [-0.39, 0.29) is 35.4 Å². The van der Waals surface area contributed by atoms with Crippen molar-refractivity contribution in [1.29, 1.82) is 0 Å². The molecule has 0 aliphatic carbocycles. The smallest absolute Gasteiger partial charge is 0.332 e. The Morgan fingerprint density at radius 3 is 2.35 bits per heavy atom. The second-order valence-corrected chi connectivity index (χ2v) is 13.6. The molecule has 246 valence electrons. The highest BCUT2D eigenvalue weighted by Gasteiger charge is 2.33. The summed E-state index contributed by atoms with van der Waals surface area (Å²) in [5, 5.41) is 0.842. The fourth-order valence-corrected chi connectivity index (χ4v) is 6.94.